The van der Waals surface area contributed by atoms with Crippen LogP contribution < -0.4 is 10.6 Å². The summed E-state index contributed by atoms with van der Waals surface area (Å²) >= 11 is 1.58. The van der Waals surface area contributed by atoms with Crippen molar-refractivity contribution in [2.24, 2.45) is 5.73 Å². The number of benzene rings is 2. The Labute approximate surface area is 149 Å². The van der Waals surface area contributed by atoms with Crippen LogP contribution in [0, 0.1) is 0 Å². The second-order valence-corrected chi connectivity index (χ2v) is 6.58. The smallest absolute Gasteiger partial charge is 0.265 e. The van der Waals surface area contributed by atoms with E-state index in [4.69, 9.17) is 5.73 Å². The fourth-order valence-electron chi connectivity index (χ4n) is 2.88. The maximum Gasteiger partial charge on any atom is 0.265 e. The number of primary amides is 1. The Morgan fingerprint density at radius 2 is 1.88 bits per heavy atom. The topological polar surface area (TPSA) is 64.2 Å². The standard InChI is InChI=1S/C19H16N4OS/c20-18(24)17-12-25-19(14-5-2-1-3-6-14)23(17)16-8-4-7-15(11-16)22-10-9-21-13-22/h1-13,19H,(H2,20,24). The SMILES string of the molecule is NC(=O)C1=CSC(c2ccccc2)N1c1cccc(-n2ccnc2)c1. The van der Waals surface area contributed by atoms with Gasteiger partial charge in [-0.2, -0.15) is 0 Å². The van der Waals surface area contributed by atoms with Crippen molar-refractivity contribution in [1.82, 2.24) is 9.55 Å². The molecule has 6 heteroatoms. The summed E-state index contributed by atoms with van der Waals surface area (Å²) in [6.07, 6.45) is 5.37. The van der Waals surface area contributed by atoms with Crippen molar-refractivity contribution < 1.29 is 4.79 Å². The van der Waals surface area contributed by atoms with Crippen molar-refractivity contribution in [2.75, 3.05) is 4.90 Å². The van der Waals surface area contributed by atoms with Crippen LogP contribution in [-0.2, 0) is 4.79 Å². The number of aromatic nitrogens is 2. The van der Waals surface area contributed by atoms with Crippen LogP contribution in [0.5, 0.6) is 0 Å². The molecule has 1 unspecified atom stereocenters. The van der Waals surface area contributed by atoms with Crippen LogP contribution in [-0.4, -0.2) is 15.5 Å². The molecule has 3 aromatic rings. The van der Waals surface area contributed by atoms with Crippen LogP contribution in [0.4, 0.5) is 5.69 Å². The van der Waals surface area contributed by atoms with Gasteiger partial charge < -0.3 is 15.2 Å². The Morgan fingerprint density at radius 3 is 2.60 bits per heavy atom. The Balaban J connectivity index is 1.78. The third kappa shape index (κ3) is 2.92. The summed E-state index contributed by atoms with van der Waals surface area (Å²) in [6, 6.07) is 18.1. The van der Waals surface area contributed by atoms with Gasteiger partial charge in [0.1, 0.15) is 11.1 Å². The van der Waals surface area contributed by atoms with Gasteiger partial charge in [-0.15, -0.1) is 11.8 Å². The zero-order chi connectivity index (χ0) is 17.2. The lowest BCUT2D eigenvalue weighted by Crippen LogP contribution is -2.30. The first-order valence-electron chi connectivity index (χ1n) is 7.82. The predicted molar refractivity (Wildman–Crippen MR) is 100 cm³/mol. The molecule has 2 N–H and O–H groups in total. The number of imidazole rings is 1. The molecule has 1 amide bonds. The molecule has 0 bridgehead atoms. The van der Waals surface area contributed by atoms with E-state index in [1.807, 2.05) is 63.5 Å². The molecular weight excluding hydrogens is 332 g/mol. The van der Waals surface area contributed by atoms with Crippen LogP contribution in [0.3, 0.4) is 0 Å². The zero-order valence-electron chi connectivity index (χ0n) is 13.3. The molecular formula is C19H16N4OS. The van der Waals surface area contributed by atoms with E-state index in [2.05, 4.69) is 17.1 Å². The number of nitrogens with two attached hydrogens (primary N) is 1. The number of hydrogen-bond acceptors (Lipinski definition) is 4. The third-order valence-electron chi connectivity index (χ3n) is 4.05. The van der Waals surface area contributed by atoms with E-state index in [1.165, 1.54) is 0 Å². The molecule has 4 rings (SSSR count). The summed E-state index contributed by atoms with van der Waals surface area (Å²) in [6.45, 7) is 0. The highest BCUT2D eigenvalue weighted by molar-refractivity contribution is 8.02. The molecule has 0 saturated heterocycles. The first-order chi connectivity index (χ1) is 12.2. The average molecular weight is 348 g/mol. The molecule has 0 aliphatic carbocycles. The Hall–Kier alpha value is -2.99. The predicted octanol–water partition coefficient (Wildman–Crippen LogP) is 3.45. The average Bonchev–Trinajstić information content (AvgIpc) is 3.32. The summed E-state index contributed by atoms with van der Waals surface area (Å²) in [7, 11) is 0. The lowest BCUT2D eigenvalue weighted by Gasteiger charge is -2.28. The maximum atomic E-state index is 12.0. The van der Waals surface area contributed by atoms with Crippen molar-refractivity contribution in [3.63, 3.8) is 0 Å². The number of amides is 1. The molecule has 0 radical (unpaired) electrons. The second-order valence-electron chi connectivity index (χ2n) is 5.63. The quantitative estimate of drug-likeness (QED) is 0.784. The van der Waals surface area contributed by atoms with Crippen LogP contribution in [0.15, 0.2) is 84.4 Å². The summed E-state index contributed by atoms with van der Waals surface area (Å²) < 4.78 is 1.93. The largest absolute Gasteiger partial charge is 0.364 e. The van der Waals surface area contributed by atoms with Crippen molar-refractivity contribution in [2.45, 2.75) is 5.37 Å². The van der Waals surface area contributed by atoms with Gasteiger partial charge in [0.2, 0.25) is 0 Å². The molecule has 2 aromatic carbocycles. The third-order valence-corrected chi connectivity index (χ3v) is 5.15. The number of carbonyl (C=O) groups excluding carboxylic acids is 1. The number of anilines is 1. The Morgan fingerprint density at radius 1 is 1.08 bits per heavy atom. The van der Waals surface area contributed by atoms with Crippen molar-refractivity contribution >= 4 is 23.4 Å². The van der Waals surface area contributed by atoms with Crippen molar-refractivity contribution in [3.05, 3.63) is 90.0 Å². The minimum atomic E-state index is -0.432. The molecule has 25 heavy (non-hydrogen) atoms. The number of thioether (sulfide) groups is 1. The van der Waals surface area contributed by atoms with Gasteiger partial charge in [-0.05, 0) is 23.8 Å². The second kappa shape index (κ2) is 6.49. The van der Waals surface area contributed by atoms with Crippen molar-refractivity contribution in [3.8, 4) is 5.69 Å². The van der Waals surface area contributed by atoms with E-state index < -0.39 is 5.91 Å². The molecule has 0 saturated carbocycles. The molecule has 1 aromatic heterocycles. The van der Waals surface area contributed by atoms with Crippen LogP contribution >= 0.6 is 11.8 Å². The molecule has 124 valence electrons. The van der Waals surface area contributed by atoms with E-state index in [-0.39, 0.29) is 5.37 Å². The van der Waals surface area contributed by atoms with Crippen LogP contribution in [0.25, 0.3) is 5.69 Å². The van der Waals surface area contributed by atoms with Gasteiger partial charge >= 0.3 is 0 Å². The molecule has 1 aliphatic rings. The van der Waals surface area contributed by atoms with Gasteiger partial charge in [-0.1, -0.05) is 36.4 Å². The lowest BCUT2D eigenvalue weighted by atomic mass is 10.1. The first kappa shape index (κ1) is 15.5. The van der Waals surface area contributed by atoms with Gasteiger partial charge in [0.25, 0.3) is 5.91 Å². The zero-order valence-corrected chi connectivity index (χ0v) is 14.1. The van der Waals surface area contributed by atoms with Gasteiger partial charge in [0.05, 0.1) is 6.33 Å². The number of rotatable bonds is 4. The lowest BCUT2D eigenvalue weighted by molar-refractivity contribution is -0.114. The highest BCUT2D eigenvalue weighted by Gasteiger charge is 2.32. The maximum absolute atomic E-state index is 12.0. The summed E-state index contributed by atoms with van der Waals surface area (Å²) in [5, 5.41) is 1.81. The number of hydrogen-bond donors (Lipinski definition) is 1. The van der Waals surface area contributed by atoms with E-state index in [9.17, 15) is 4.79 Å². The van der Waals surface area contributed by atoms with Crippen molar-refractivity contribution in [1.29, 1.82) is 0 Å². The molecule has 5 nitrogen and oxygen atoms in total. The van der Waals surface area contributed by atoms with E-state index in [0.29, 0.717) is 5.70 Å². The van der Waals surface area contributed by atoms with E-state index in [0.717, 1.165) is 16.9 Å². The van der Waals surface area contributed by atoms with Gasteiger partial charge in [0.15, 0.2) is 0 Å². The minimum absolute atomic E-state index is 0.0262. The summed E-state index contributed by atoms with van der Waals surface area (Å²) in [5.41, 5.74) is 9.13. The minimum Gasteiger partial charge on any atom is -0.364 e. The summed E-state index contributed by atoms with van der Waals surface area (Å²) in [5.74, 6) is -0.432. The van der Waals surface area contributed by atoms with Crippen LogP contribution in [0.1, 0.15) is 10.9 Å². The molecule has 1 atom stereocenters. The van der Waals surface area contributed by atoms with E-state index in [1.54, 1.807) is 24.3 Å². The summed E-state index contributed by atoms with van der Waals surface area (Å²) in [4.78, 5) is 18.0. The molecule has 0 fully saturated rings. The molecule has 1 aliphatic heterocycles. The highest BCUT2D eigenvalue weighted by Crippen LogP contribution is 2.45. The Bertz CT molecular complexity index is 922. The first-order valence-corrected chi connectivity index (χ1v) is 8.76. The monoisotopic (exact) mass is 348 g/mol. The van der Waals surface area contributed by atoms with Gasteiger partial charge in [-0.25, -0.2) is 4.98 Å². The normalized spacial score (nSPS) is 16.7. The highest BCUT2D eigenvalue weighted by atomic mass is 32.2. The van der Waals surface area contributed by atoms with Gasteiger partial charge in [-0.3, -0.25) is 4.79 Å². The Kier molecular flexibility index (Phi) is 4.03. The fraction of sp³-hybridized carbons (Fsp3) is 0.0526. The fourth-order valence-corrected chi connectivity index (χ4v) is 4.04. The van der Waals surface area contributed by atoms with E-state index >= 15 is 0 Å². The molecule has 0 spiro atoms. The number of nitrogens with zero attached hydrogens (tertiary/aromatic N) is 3. The number of carbonyl (C=O) groups is 1. The van der Waals surface area contributed by atoms with Gasteiger partial charge in [0, 0.05) is 29.2 Å². The molecule has 2 heterocycles. The van der Waals surface area contributed by atoms with Crippen LogP contribution in [0.2, 0.25) is 0 Å².